The maximum absolute atomic E-state index is 10.3. The van der Waals surface area contributed by atoms with E-state index in [1.54, 1.807) is 0 Å². The quantitative estimate of drug-likeness (QED) is 0.629. The summed E-state index contributed by atoms with van der Waals surface area (Å²) in [5, 5.41) is 10.8. The number of terminal acetylenes is 1. The van der Waals surface area contributed by atoms with E-state index in [-0.39, 0.29) is 6.04 Å². The smallest absolute Gasteiger partial charge is 0.404 e. The Morgan fingerprint density at radius 3 is 2.58 bits per heavy atom. The van der Waals surface area contributed by atoms with Crippen molar-refractivity contribution in [2.75, 3.05) is 0 Å². The Bertz CT molecular complexity index is 181. The molecule has 0 saturated heterocycles. The molecule has 0 spiro atoms. The summed E-state index contributed by atoms with van der Waals surface area (Å²) in [6, 6.07) is -0.104. The third-order valence-corrected chi connectivity index (χ3v) is 1.45. The van der Waals surface area contributed by atoms with Crippen molar-refractivity contribution in [3.05, 3.63) is 0 Å². The second-order valence-electron chi connectivity index (χ2n) is 3.18. The predicted molar refractivity (Wildman–Crippen MR) is 47.9 cm³/mol. The van der Waals surface area contributed by atoms with E-state index in [0.29, 0.717) is 12.3 Å². The van der Waals surface area contributed by atoms with Crippen LogP contribution >= 0.6 is 0 Å². The third-order valence-electron chi connectivity index (χ3n) is 1.45. The van der Waals surface area contributed by atoms with Gasteiger partial charge in [-0.15, -0.1) is 12.3 Å². The average Bonchev–Trinajstić information content (AvgIpc) is 1.84. The van der Waals surface area contributed by atoms with E-state index in [9.17, 15) is 4.79 Å². The molecule has 0 heterocycles. The van der Waals surface area contributed by atoms with E-state index >= 15 is 0 Å². The second kappa shape index (κ2) is 5.48. The molecule has 68 valence electrons. The van der Waals surface area contributed by atoms with Crippen LogP contribution in [0.2, 0.25) is 0 Å². The Hall–Kier alpha value is -1.17. The van der Waals surface area contributed by atoms with E-state index < -0.39 is 6.09 Å². The Morgan fingerprint density at radius 2 is 2.25 bits per heavy atom. The van der Waals surface area contributed by atoms with Gasteiger partial charge in [-0.25, -0.2) is 4.79 Å². The van der Waals surface area contributed by atoms with Gasteiger partial charge in [0.15, 0.2) is 0 Å². The van der Waals surface area contributed by atoms with Crippen molar-refractivity contribution in [1.82, 2.24) is 5.32 Å². The largest absolute Gasteiger partial charge is 0.465 e. The summed E-state index contributed by atoms with van der Waals surface area (Å²) in [7, 11) is 0. The van der Waals surface area contributed by atoms with Crippen molar-refractivity contribution in [3.63, 3.8) is 0 Å². The lowest BCUT2D eigenvalue weighted by Gasteiger charge is -2.15. The fourth-order valence-corrected chi connectivity index (χ4v) is 1.08. The summed E-state index contributed by atoms with van der Waals surface area (Å²) in [4.78, 5) is 10.3. The van der Waals surface area contributed by atoms with Gasteiger partial charge in [0.2, 0.25) is 0 Å². The number of hydrogen-bond acceptors (Lipinski definition) is 1. The lowest BCUT2D eigenvalue weighted by atomic mass is 10.0. The molecule has 0 rings (SSSR count). The molecule has 3 heteroatoms. The van der Waals surface area contributed by atoms with Gasteiger partial charge in [-0.1, -0.05) is 13.8 Å². The van der Waals surface area contributed by atoms with Crippen LogP contribution < -0.4 is 5.32 Å². The van der Waals surface area contributed by atoms with Crippen LogP contribution in [0.15, 0.2) is 0 Å². The molecule has 0 aliphatic heterocycles. The van der Waals surface area contributed by atoms with Gasteiger partial charge in [0.1, 0.15) is 0 Å². The average molecular weight is 169 g/mol. The van der Waals surface area contributed by atoms with E-state index in [1.165, 1.54) is 0 Å². The van der Waals surface area contributed by atoms with Crippen LogP contribution in [0, 0.1) is 18.3 Å². The third kappa shape index (κ3) is 5.60. The fourth-order valence-electron chi connectivity index (χ4n) is 1.08. The second-order valence-corrected chi connectivity index (χ2v) is 3.18. The normalized spacial score (nSPS) is 12.2. The lowest BCUT2D eigenvalue weighted by Crippen LogP contribution is -2.34. The van der Waals surface area contributed by atoms with Gasteiger partial charge >= 0.3 is 6.09 Å². The molecule has 0 radical (unpaired) electrons. The first-order valence-electron chi connectivity index (χ1n) is 3.99. The maximum Gasteiger partial charge on any atom is 0.404 e. The Morgan fingerprint density at radius 1 is 1.67 bits per heavy atom. The zero-order valence-electron chi connectivity index (χ0n) is 7.50. The molecule has 1 unspecified atom stereocenters. The standard InChI is InChI=1S/C9H15NO2/c1-4-5-8(6-7(2)3)10-9(11)12/h1,7-8,10H,5-6H2,2-3H3,(H,11,12). The van der Waals surface area contributed by atoms with Crippen molar-refractivity contribution in [2.24, 2.45) is 5.92 Å². The van der Waals surface area contributed by atoms with Crippen molar-refractivity contribution < 1.29 is 9.90 Å². The van der Waals surface area contributed by atoms with Gasteiger partial charge in [0, 0.05) is 12.5 Å². The van der Waals surface area contributed by atoms with Gasteiger partial charge < -0.3 is 10.4 Å². The Labute approximate surface area is 73.2 Å². The highest BCUT2D eigenvalue weighted by molar-refractivity contribution is 5.64. The Kier molecular flexibility index (Phi) is 4.94. The van der Waals surface area contributed by atoms with Crippen molar-refractivity contribution in [2.45, 2.75) is 32.7 Å². The van der Waals surface area contributed by atoms with Crippen molar-refractivity contribution in [3.8, 4) is 12.3 Å². The molecule has 2 N–H and O–H groups in total. The van der Waals surface area contributed by atoms with Crippen LogP contribution in [-0.2, 0) is 0 Å². The summed E-state index contributed by atoms with van der Waals surface area (Å²) in [6.45, 7) is 4.07. The molecule has 1 atom stereocenters. The Balaban J connectivity index is 3.87. The highest BCUT2D eigenvalue weighted by atomic mass is 16.4. The number of rotatable bonds is 4. The topological polar surface area (TPSA) is 49.3 Å². The van der Waals surface area contributed by atoms with Gasteiger partial charge in [0.05, 0.1) is 0 Å². The molecule has 1 amide bonds. The van der Waals surface area contributed by atoms with Crippen LogP contribution in [0.5, 0.6) is 0 Å². The zero-order chi connectivity index (χ0) is 9.56. The SMILES string of the molecule is C#CCC(CC(C)C)NC(=O)O. The minimum absolute atomic E-state index is 0.104. The first-order valence-corrected chi connectivity index (χ1v) is 3.99. The van der Waals surface area contributed by atoms with E-state index in [0.717, 1.165) is 6.42 Å². The molecule has 0 aromatic heterocycles. The molecule has 0 aliphatic rings. The molecule has 0 aliphatic carbocycles. The van der Waals surface area contributed by atoms with Crippen LogP contribution in [0.4, 0.5) is 4.79 Å². The van der Waals surface area contributed by atoms with Gasteiger partial charge in [0.25, 0.3) is 0 Å². The monoisotopic (exact) mass is 169 g/mol. The molecule has 12 heavy (non-hydrogen) atoms. The van der Waals surface area contributed by atoms with Crippen molar-refractivity contribution >= 4 is 6.09 Å². The number of amides is 1. The van der Waals surface area contributed by atoms with Gasteiger partial charge in [-0.05, 0) is 12.3 Å². The molecule has 0 saturated carbocycles. The molecular formula is C9H15NO2. The number of carboxylic acid groups (broad SMARTS) is 1. The molecule has 0 bridgehead atoms. The number of carbonyl (C=O) groups is 1. The summed E-state index contributed by atoms with van der Waals surface area (Å²) in [5.41, 5.74) is 0. The van der Waals surface area contributed by atoms with E-state index in [2.05, 4.69) is 11.2 Å². The summed E-state index contributed by atoms with van der Waals surface area (Å²) >= 11 is 0. The summed E-state index contributed by atoms with van der Waals surface area (Å²) in [5.74, 6) is 2.91. The maximum atomic E-state index is 10.3. The molecule has 0 aromatic rings. The van der Waals surface area contributed by atoms with Crippen LogP contribution in [0.25, 0.3) is 0 Å². The highest BCUT2D eigenvalue weighted by Gasteiger charge is 2.11. The first-order chi connectivity index (χ1) is 5.56. The van der Waals surface area contributed by atoms with Crippen LogP contribution in [0.1, 0.15) is 26.7 Å². The summed E-state index contributed by atoms with van der Waals surface area (Å²) in [6.07, 6.45) is 5.35. The minimum atomic E-state index is -1.00. The first kappa shape index (κ1) is 10.8. The minimum Gasteiger partial charge on any atom is -0.465 e. The molecule has 3 nitrogen and oxygen atoms in total. The predicted octanol–water partition coefficient (Wildman–Crippen LogP) is 1.69. The van der Waals surface area contributed by atoms with E-state index in [4.69, 9.17) is 11.5 Å². The highest BCUT2D eigenvalue weighted by Crippen LogP contribution is 2.06. The zero-order valence-corrected chi connectivity index (χ0v) is 7.50. The fraction of sp³-hybridized carbons (Fsp3) is 0.667. The van der Waals surface area contributed by atoms with Gasteiger partial charge in [-0.2, -0.15) is 0 Å². The lowest BCUT2D eigenvalue weighted by molar-refractivity contribution is 0.188. The number of hydrogen-bond donors (Lipinski definition) is 2. The van der Waals surface area contributed by atoms with Gasteiger partial charge in [-0.3, -0.25) is 0 Å². The van der Waals surface area contributed by atoms with E-state index in [1.807, 2.05) is 13.8 Å². The molecule has 0 fully saturated rings. The summed E-state index contributed by atoms with van der Waals surface area (Å²) < 4.78 is 0. The van der Waals surface area contributed by atoms with Crippen molar-refractivity contribution in [1.29, 1.82) is 0 Å². The molecular weight excluding hydrogens is 154 g/mol. The van der Waals surface area contributed by atoms with Crippen LogP contribution in [0.3, 0.4) is 0 Å². The van der Waals surface area contributed by atoms with Crippen LogP contribution in [-0.4, -0.2) is 17.2 Å². The molecule has 0 aromatic carbocycles. The number of nitrogens with one attached hydrogen (secondary N) is 1.